The average molecular weight is 378 g/mol. The molecule has 1 aromatic heterocycles. The number of furan rings is 1. The fraction of sp³-hybridized carbons (Fsp3) is 0.625. The smallest absolute Gasteiger partial charge is 0.475 e. The van der Waals surface area contributed by atoms with Crippen molar-refractivity contribution in [2.24, 2.45) is 5.92 Å². The number of likely N-dealkylation sites (N-methyl/N-ethyl adjacent to an activating group) is 1. The number of amides is 1. The van der Waals surface area contributed by atoms with Gasteiger partial charge in [0.05, 0.1) is 18.6 Å². The highest BCUT2D eigenvalue weighted by Gasteiger charge is 2.41. The molecule has 0 aliphatic carbocycles. The molecule has 1 aromatic rings. The molecule has 3 atom stereocenters. The molecule has 2 aliphatic rings. The Morgan fingerprint density at radius 2 is 2.12 bits per heavy atom. The second-order valence-corrected chi connectivity index (χ2v) is 6.23. The average Bonchev–Trinajstić information content (AvgIpc) is 3.22. The van der Waals surface area contributed by atoms with Gasteiger partial charge in [-0.1, -0.05) is 0 Å². The minimum atomic E-state index is -5.08. The summed E-state index contributed by atoms with van der Waals surface area (Å²) >= 11 is 0. The number of rotatable bonds is 3. The van der Waals surface area contributed by atoms with Crippen molar-refractivity contribution in [2.75, 3.05) is 20.1 Å². The van der Waals surface area contributed by atoms with Crippen LogP contribution in [-0.2, 0) is 20.9 Å². The molecule has 0 spiro atoms. The summed E-state index contributed by atoms with van der Waals surface area (Å²) in [6.07, 6.45) is 0.321. The van der Waals surface area contributed by atoms with Crippen LogP contribution in [0.5, 0.6) is 0 Å². The lowest BCUT2D eigenvalue weighted by Crippen LogP contribution is -2.42. The van der Waals surface area contributed by atoms with Crippen molar-refractivity contribution in [2.45, 2.75) is 37.8 Å². The number of hydrogen-bond acceptors (Lipinski definition) is 5. The summed E-state index contributed by atoms with van der Waals surface area (Å²) < 4.78 is 42.7. The van der Waals surface area contributed by atoms with E-state index >= 15 is 0 Å². The van der Waals surface area contributed by atoms with Crippen LogP contribution in [0.2, 0.25) is 0 Å². The maximum atomic E-state index is 11.6. The predicted molar refractivity (Wildman–Crippen MR) is 83.1 cm³/mol. The van der Waals surface area contributed by atoms with E-state index in [-0.39, 0.29) is 18.1 Å². The second kappa shape index (κ2) is 8.54. The Balaban J connectivity index is 0.000000298. The number of likely N-dealkylation sites (tertiary alicyclic amines) is 1. The third kappa shape index (κ3) is 5.46. The summed E-state index contributed by atoms with van der Waals surface area (Å²) in [4.78, 5) is 22.9. The third-order valence-electron chi connectivity index (χ3n) is 4.40. The molecule has 2 saturated heterocycles. The van der Waals surface area contributed by atoms with Crippen LogP contribution >= 0.6 is 0 Å². The Morgan fingerprint density at radius 1 is 1.42 bits per heavy atom. The molecule has 2 fully saturated rings. The van der Waals surface area contributed by atoms with Crippen molar-refractivity contribution in [3.8, 4) is 0 Å². The van der Waals surface area contributed by atoms with Crippen molar-refractivity contribution >= 4 is 11.9 Å². The van der Waals surface area contributed by atoms with Crippen molar-refractivity contribution in [3.63, 3.8) is 0 Å². The van der Waals surface area contributed by atoms with Gasteiger partial charge in [0.1, 0.15) is 6.10 Å². The Hall–Kier alpha value is -2.07. The van der Waals surface area contributed by atoms with Gasteiger partial charge in [0, 0.05) is 25.7 Å². The molecule has 0 radical (unpaired) electrons. The molecule has 2 N–H and O–H groups in total. The minimum absolute atomic E-state index is 0.00999. The van der Waals surface area contributed by atoms with Crippen molar-refractivity contribution < 1.29 is 37.0 Å². The van der Waals surface area contributed by atoms with Gasteiger partial charge in [-0.05, 0) is 31.4 Å². The van der Waals surface area contributed by atoms with Gasteiger partial charge in [-0.3, -0.25) is 9.69 Å². The molecule has 0 saturated carbocycles. The summed E-state index contributed by atoms with van der Waals surface area (Å²) in [6, 6.07) is 1.99. The molecular formula is C16H21F3N2O5. The number of carbonyl (C=O) groups excluding carboxylic acids is 1. The lowest BCUT2D eigenvalue weighted by molar-refractivity contribution is -0.192. The van der Waals surface area contributed by atoms with Gasteiger partial charge in [-0.2, -0.15) is 13.2 Å². The molecule has 7 nitrogen and oxygen atoms in total. The maximum absolute atomic E-state index is 11.6. The first kappa shape index (κ1) is 20.2. The number of hydrogen-bond donors (Lipinski definition) is 2. The van der Waals surface area contributed by atoms with Crippen LogP contribution in [0.1, 0.15) is 18.4 Å². The van der Waals surface area contributed by atoms with Crippen LogP contribution in [-0.4, -0.2) is 60.4 Å². The van der Waals surface area contributed by atoms with Crippen LogP contribution in [0.4, 0.5) is 13.2 Å². The number of piperidine rings is 1. The fourth-order valence-corrected chi connectivity index (χ4v) is 3.11. The zero-order valence-electron chi connectivity index (χ0n) is 14.2. The summed E-state index contributed by atoms with van der Waals surface area (Å²) in [5.74, 6) is -2.22. The highest BCUT2D eigenvalue weighted by Crippen LogP contribution is 2.33. The molecule has 0 unspecified atom stereocenters. The normalized spacial score (nSPS) is 25.8. The van der Waals surface area contributed by atoms with Gasteiger partial charge in [0.2, 0.25) is 5.91 Å². The van der Waals surface area contributed by atoms with Gasteiger partial charge in [-0.15, -0.1) is 0 Å². The molecule has 0 aromatic carbocycles. The summed E-state index contributed by atoms with van der Waals surface area (Å²) in [6.45, 7) is 2.87. The van der Waals surface area contributed by atoms with Gasteiger partial charge in [0.15, 0.2) is 0 Å². The van der Waals surface area contributed by atoms with Crippen LogP contribution < -0.4 is 5.32 Å². The van der Waals surface area contributed by atoms with E-state index in [1.54, 1.807) is 19.6 Å². The number of fused-ring (bicyclic) bond motifs is 1. The van der Waals surface area contributed by atoms with Crippen LogP contribution in [0.3, 0.4) is 0 Å². The number of carboxylic acid groups (broad SMARTS) is 1. The lowest BCUT2D eigenvalue weighted by Gasteiger charge is -2.33. The SMILES string of the molecule is CNC(=O)[C@H]1C[C@@H]2CCN(Cc3ccoc3)C[C@H]2O1.O=C(O)C(F)(F)F. The standard InChI is InChI=1S/C14H20N2O3.C2HF3O2/c1-15-14(17)12-6-11-2-4-16(8-13(11)19-12)7-10-3-5-18-9-10;3-2(4,5)1(6)7/h3,5,9,11-13H,2,4,6-8H2,1H3,(H,15,17);(H,6,7)/t11-,12+,13+;/m0./s1. The quantitative estimate of drug-likeness (QED) is 0.831. The number of alkyl halides is 3. The van der Waals surface area contributed by atoms with E-state index in [0.29, 0.717) is 5.92 Å². The zero-order valence-corrected chi connectivity index (χ0v) is 14.2. The Kier molecular flexibility index (Phi) is 6.65. The number of carbonyl (C=O) groups is 2. The molecule has 146 valence electrons. The first-order valence-electron chi connectivity index (χ1n) is 8.11. The van der Waals surface area contributed by atoms with Crippen molar-refractivity contribution in [3.05, 3.63) is 24.2 Å². The van der Waals surface area contributed by atoms with Crippen molar-refractivity contribution in [1.29, 1.82) is 0 Å². The van der Waals surface area contributed by atoms with Gasteiger partial charge in [0.25, 0.3) is 0 Å². The molecule has 1 amide bonds. The molecule has 10 heteroatoms. The number of ether oxygens (including phenoxy) is 1. The maximum Gasteiger partial charge on any atom is 0.490 e. The molecular weight excluding hydrogens is 357 g/mol. The Bertz CT molecular complexity index is 606. The second-order valence-electron chi connectivity index (χ2n) is 6.23. The Morgan fingerprint density at radius 3 is 2.65 bits per heavy atom. The van der Waals surface area contributed by atoms with E-state index in [1.807, 2.05) is 6.07 Å². The number of nitrogens with zero attached hydrogens (tertiary/aromatic N) is 1. The van der Waals surface area contributed by atoms with E-state index in [0.717, 1.165) is 32.5 Å². The molecule has 26 heavy (non-hydrogen) atoms. The van der Waals surface area contributed by atoms with Crippen molar-refractivity contribution in [1.82, 2.24) is 10.2 Å². The minimum Gasteiger partial charge on any atom is -0.475 e. The van der Waals surface area contributed by atoms with Gasteiger partial charge < -0.3 is 19.6 Å². The number of nitrogens with one attached hydrogen (secondary N) is 1. The summed E-state index contributed by atoms with van der Waals surface area (Å²) in [5, 5.41) is 9.80. The van der Waals surface area contributed by atoms with Crippen LogP contribution in [0.15, 0.2) is 23.0 Å². The van der Waals surface area contributed by atoms with E-state index in [4.69, 9.17) is 19.1 Å². The number of halogens is 3. The van der Waals surface area contributed by atoms with Crippen LogP contribution in [0, 0.1) is 5.92 Å². The number of aliphatic carboxylic acids is 1. The van der Waals surface area contributed by atoms with Gasteiger partial charge in [-0.25, -0.2) is 4.79 Å². The molecule has 3 heterocycles. The number of carboxylic acids is 1. The zero-order chi connectivity index (χ0) is 19.3. The summed E-state index contributed by atoms with van der Waals surface area (Å²) in [7, 11) is 1.67. The van der Waals surface area contributed by atoms with E-state index in [1.165, 1.54) is 5.56 Å². The van der Waals surface area contributed by atoms with Crippen LogP contribution in [0.25, 0.3) is 0 Å². The van der Waals surface area contributed by atoms with E-state index in [2.05, 4.69) is 10.2 Å². The topological polar surface area (TPSA) is 92.0 Å². The molecule has 3 rings (SSSR count). The first-order valence-corrected chi connectivity index (χ1v) is 8.11. The highest BCUT2D eigenvalue weighted by molar-refractivity contribution is 5.80. The van der Waals surface area contributed by atoms with E-state index < -0.39 is 12.1 Å². The fourth-order valence-electron chi connectivity index (χ4n) is 3.11. The predicted octanol–water partition coefficient (Wildman–Crippen LogP) is 1.64. The first-order chi connectivity index (χ1) is 12.2. The largest absolute Gasteiger partial charge is 0.490 e. The third-order valence-corrected chi connectivity index (χ3v) is 4.40. The Labute approximate surface area is 148 Å². The molecule has 2 aliphatic heterocycles. The van der Waals surface area contributed by atoms with E-state index in [9.17, 15) is 18.0 Å². The molecule has 0 bridgehead atoms. The summed E-state index contributed by atoms with van der Waals surface area (Å²) in [5.41, 5.74) is 1.19. The van der Waals surface area contributed by atoms with Gasteiger partial charge >= 0.3 is 12.1 Å². The lowest BCUT2D eigenvalue weighted by atomic mass is 9.91. The highest BCUT2D eigenvalue weighted by atomic mass is 19.4. The monoisotopic (exact) mass is 378 g/mol.